The molecule has 3 rings (SSSR count). The number of halogens is 1. The molecule has 0 spiro atoms. The Morgan fingerprint density at radius 1 is 1.43 bits per heavy atom. The number of benzene rings is 1. The van der Waals surface area contributed by atoms with Crippen LogP contribution in [0.5, 0.6) is 0 Å². The van der Waals surface area contributed by atoms with Gasteiger partial charge in [-0.2, -0.15) is 0 Å². The molecule has 1 aliphatic carbocycles. The van der Waals surface area contributed by atoms with Gasteiger partial charge >= 0.3 is 0 Å². The zero-order chi connectivity index (χ0) is 14.8. The minimum absolute atomic E-state index is 0.00369. The molecule has 0 saturated heterocycles. The highest BCUT2D eigenvalue weighted by Gasteiger charge is 2.45. The first-order valence-corrected chi connectivity index (χ1v) is 7.19. The third kappa shape index (κ3) is 2.96. The topological polar surface area (TPSA) is 51.5 Å². The monoisotopic (exact) mass is 305 g/mol. The Kier molecular flexibility index (Phi) is 3.99. The van der Waals surface area contributed by atoms with Crippen LogP contribution in [0, 0.1) is 5.92 Å². The number of amides is 1. The van der Waals surface area contributed by atoms with Crippen molar-refractivity contribution < 1.29 is 13.9 Å². The van der Waals surface area contributed by atoms with E-state index in [9.17, 15) is 4.79 Å². The Morgan fingerprint density at radius 3 is 3.00 bits per heavy atom. The van der Waals surface area contributed by atoms with E-state index in [1.54, 1.807) is 19.4 Å². The van der Waals surface area contributed by atoms with Gasteiger partial charge in [0.1, 0.15) is 5.76 Å². The van der Waals surface area contributed by atoms with Crippen molar-refractivity contribution in [2.75, 3.05) is 12.4 Å². The Hall–Kier alpha value is -1.78. The van der Waals surface area contributed by atoms with Gasteiger partial charge < -0.3 is 14.5 Å². The maximum Gasteiger partial charge on any atom is 0.228 e. The van der Waals surface area contributed by atoms with Gasteiger partial charge in [0, 0.05) is 35.2 Å². The normalized spacial score (nSPS) is 20.3. The van der Waals surface area contributed by atoms with Crippen LogP contribution in [0.4, 0.5) is 5.69 Å². The molecule has 2 aromatic rings. The molecule has 1 amide bonds. The summed E-state index contributed by atoms with van der Waals surface area (Å²) >= 11 is 6.15. The minimum Gasteiger partial charge on any atom is -0.469 e. The van der Waals surface area contributed by atoms with Crippen molar-refractivity contribution in [2.24, 2.45) is 5.92 Å². The number of rotatable bonds is 5. The summed E-state index contributed by atoms with van der Waals surface area (Å²) in [7, 11) is 1.60. The molecule has 2 unspecified atom stereocenters. The number of anilines is 1. The molecular formula is C16H16ClNO3. The largest absolute Gasteiger partial charge is 0.469 e. The zero-order valence-corrected chi connectivity index (χ0v) is 12.4. The van der Waals surface area contributed by atoms with Crippen LogP contribution in [0.15, 0.2) is 41.0 Å². The Morgan fingerprint density at radius 2 is 2.29 bits per heavy atom. The van der Waals surface area contributed by atoms with E-state index in [1.807, 2.05) is 24.3 Å². The van der Waals surface area contributed by atoms with Crippen molar-refractivity contribution in [3.05, 3.63) is 52.9 Å². The number of carbonyl (C=O) groups excluding carboxylic acids is 1. The summed E-state index contributed by atoms with van der Waals surface area (Å²) in [6.07, 6.45) is 2.45. The molecule has 1 N–H and O–H groups in total. The molecule has 1 heterocycles. The maximum atomic E-state index is 12.3. The van der Waals surface area contributed by atoms with Gasteiger partial charge in [0.15, 0.2) is 0 Å². The molecule has 4 nitrogen and oxygen atoms in total. The van der Waals surface area contributed by atoms with Gasteiger partial charge in [-0.15, -0.1) is 0 Å². The van der Waals surface area contributed by atoms with Gasteiger partial charge in [0.25, 0.3) is 0 Å². The van der Waals surface area contributed by atoms with Crippen LogP contribution in [0.25, 0.3) is 0 Å². The molecule has 110 valence electrons. The third-order valence-electron chi connectivity index (χ3n) is 3.70. The lowest BCUT2D eigenvalue weighted by molar-refractivity contribution is -0.117. The smallest absolute Gasteiger partial charge is 0.228 e. The first-order valence-electron chi connectivity index (χ1n) is 6.81. The van der Waals surface area contributed by atoms with Crippen molar-refractivity contribution >= 4 is 23.2 Å². The van der Waals surface area contributed by atoms with Crippen molar-refractivity contribution in [2.45, 2.75) is 18.9 Å². The fraction of sp³-hybridized carbons (Fsp3) is 0.312. The summed E-state index contributed by atoms with van der Waals surface area (Å²) in [5, 5.41) is 3.54. The van der Waals surface area contributed by atoms with Crippen molar-refractivity contribution in [1.82, 2.24) is 0 Å². The number of hydrogen-bond acceptors (Lipinski definition) is 3. The van der Waals surface area contributed by atoms with Crippen molar-refractivity contribution in [3.8, 4) is 0 Å². The van der Waals surface area contributed by atoms with E-state index in [0.717, 1.165) is 17.7 Å². The number of hydrogen-bond donors (Lipinski definition) is 1. The lowest BCUT2D eigenvalue weighted by Crippen LogP contribution is -2.16. The summed E-state index contributed by atoms with van der Waals surface area (Å²) < 4.78 is 10.5. The maximum absolute atomic E-state index is 12.3. The predicted molar refractivity (Wildman–Crippen MR) is 80.4 cm³/mol. The Balaban J connectivity index is 1.70. The molecule has 2 atom stereocenters. The van der Waals surface area contributed by atoms with Gasteiger partial charge in [-0.1, -0.05) is 17.7 Å². The summed E-state index contributed by atoms with van der Waals surface area (Å²) in [4.78, 5) is 12.3. The Labute approximate surface area is 128 Å². The molecule has 1 aliphatic rings. The molecule has 1 saturated carbocycles. The van der Waals surface area contributed by atoms with E-state index >= 15 is 0 Å². The molecular weight excluding hydrogens is 290 g/mol. The fourth-order valence-corrected chi connectivity index (χ4v) is 2.72. The van der Waals surface area contributed by atoms with Gasteiger partial charge in [0.05, 0.1) is 12.9 Å². The standard InChI is InChI=1S/C16H16ClNO3/c1-20-9-12-13(17)4-2-5-14(12)18-16(19)11-8-10(11)15-6-3-7-21-15/h2-7,10-11H,8-9H2,1H3,(H,18,19). The van der Waals surface area contributed by atoms with E-state index in [0.29, 0.717) is 17.3 Å². The second kappa shape index (κ2) is 5.92. The van der Waals surface area contributed by atoms with Gasteiger partial charge in [-0.25, -0.2) is 0 Å². The fourth-order valence-electron chi connectivity index (χ4n) is 2.49. The lowest BCUT2D eigenvalue weighted by Gasteiger charge is -2.12. The van der Waals surface area contributed by atoms with Crippen molar-refractivity contribution in [3.63, 3.8) is 0 Å². The summed E-state index contributed by atoms with van der Waals surface area (Å²) in [5.74, 6) is 1.02. The van der Waals surface area contributed by atoms with Crippen LogP contribution in [-0.2, 0) is 16.1 Å². The zero-order valence-electron chi connectivity index (χ0n) is 11.6. The average molecular weight is 306 g/mol. The molecule has 5 heteroatoms. The van der Waals surface area contributed by atoms with E-state index in [-0.39, 0.29) is 17.7 Å². The SMILES string of the molecule is COCc1c(Cl)cccc1NC(=O)C1CC1c1ccco1. The summed E-state index contributed by atoms with van der Waals surface area (Å²) in [5.41, 5.74) is 1.50. The van der Waals surface area contributed by atoms with E-state index in [2.05, 4.69) is 5.32 Å². The Bertz CT molecular complexity index is 639. The van der Waals surface area contributed by atoms with Crippen LogP contribution in [0.1, 0.15) is 23.7 Å². The quantitative estimate of drug-likeness (QED) is 0.913. The molecule has 0 aliphatic heterocycles. The molecule has 1 aromatic heterocycles. The third-order valence-corrected chi connectivity index (χ3v) is 4.06. The number of carbonyl (C=O) groups is 1. The number of ether oxygens (including phenoxy) is 1. The van der Waals surface area contributed by atoms with E-state index in [1.165, 1.54) is 0 Å². The first kappa shape index (κ1) is 14.2. The second-order valence-corrected chi connectivity index (χ2v) is 5.56. The van der Waals surface area contributed by atoms with Gasteiger partial charge in [-0.3, -0.25) is 4.79 Å². The predicted octanol–water partition coefficient (Wildman–Crippen LogP) is 3.82. The molecule has 1 aromatic carbocycles. The highest BCUT2D eigenvalue weighted by atomic mass is 35.5. The highest BCUT2D eigenvalue weighted by Crippen LogP contribution is 2.48. The van der Waals surface area contributed by atoms with Crippen LogP contribution >= 0.6 is 11.6 Å². The van der Waals surface area contributed by atoms with Crippen molar-refractivity contribution in [1.29, 1.82) is 0 Å². The van der Waals surface area contributed by atoms with Crippen LogP contribution in [0.2, 0.25) is 5.02 Å². The lowest BCUT2D eigenvalue weighted by atomic mass is 10.1. The minimum atomic E-state index is -0.0365. The molecule has 0 bridgehead atoms. The highest BCUT2D eigenvalue weighted by molar-refractivity contribution is 6.31. The summed E-state index contributed by atoms with van der Waals surface area (Å²) in [6.45, 7) is 0.363. The van der Waals surface area contributed by atoms with Crippen LogP contribution < -0.4 is 5.32 Å². The number of nitrogens with one attached hydrogen (secondary N) is 1. The first-order chi connectivity index (χ1) is 10.2. The van der Waals surface area contributed by atoms with E-state index in [4.69, 9.17) is 20.8 Å². The molecule has 1 fully saturated rings. The number of methoxy groups -OCH3 is 1. The molecule has 21 heavy (non-hydrogen) atoms. The summed E-state index contributed by atoms with van der Waals surface area (Å²) in [6, 6.07) is 9.19. The van der Waals surface area contributed by atoms with Crippen LogP contribution in [-0.4, -0.2) is 13.0 Å². The van der Waals surface area contributed by atoms with Crippen LogP contribution in [0.3, 0.4) is 0 Å². The number of furan rings is 1. The van der Waals surface area contributed by atoms with E-state index < -0.39 is 0 Å². The van der Waals surface area contributed by atoms with Gasteiger partial charge in [-0.05, 0) is 30.7 Å². The average Bonchev–Trinajstić information content (AvgIpc) is 3.09. The second-order valence-electron chi connectivity index (χ2n) is 5.15. The van der Waals surface area contributed by atoms with Gasteiger partial charge in [0.2, 0.25) is 5.91 Å². The molecule has 0 radical (unpaired) electrons.